The highest BCUT2D eigenvalue weighted by Gasteiger charge is 2.16. The maximum atomic E-state index is 13.5. The molecule has 1 aromatic carbocycles. The lowest BCUT2D eigenvalue weighted by Crippen LogP contribution is -2.24. The number of nitrogens with zero attached hydrogens (tertiary/aromatic N) is 3. The van der Waals surface area contributed by atoms with E-state index >= 15 is 0 Å². The van der Waals surface area contributed by atoms with Gasteiger partial charge in [-0.25, -0.2) is 23.1 Å². The van der Waals surface area contributed by atoms with Gasteiger partial charge in [0, 0.05) is 25.5 Å². The molecule has 0 spiro atoms. The number of amides is 1. The molecule has 1 aromatic heterocycles. The number of hydrogen-bond acceptors (Lipinski definition) is 4. The first-order valence-electron chi connectivity index (χ1n) is 6.99. The Morgan fingerprint density at radius 1 is 1.09 bits per heavy atom. The van der Waals surface area contributed by atoms with Gasteiger partial charge in [0.15, 0.2) is 17.5 Å². The molecule has 0 aliphatic carbocycles. The Hall–Kier alpha value is -2.64. The molecule has 0 saturated heterocycles. The Bertz CT molecular complexity index is 703. The Kier molecular flexibility index (Phi) is 5.15. The SMILES string of the molecule is CCN(CC)c1ncc(C(=O)Nc2ccc(F)c(F)c2F)cn1. The third-order valence-corrected chi connectivity index (χ3v) is 3.23. The molecule has 8 heteroatoms. The molecule has 122 valence electrons. The van der Waals surface area contributed by atoms with Gasteiger partial charge < -0.3 is 10.2 Å². The number of benzene rings is 1. The first-order chi connectivity index (χ1) is 11.0. The van der Waals surface area contributed by atoms with E-state index in [1.807, 2.05) is 18.7 Å². The first-order valence-corrected chi connectivity index (χ1v) is 6.99. The van der Waals surface area contributed by atoms with Crippen molar-refractivity contribution in [2.24, 2.45) is 0 Å². The lowest BCUT2D eigenvalue weighted by atomic mass is 10.2. The lowest BCUT2D eigenvalue weighted by molar-refractivity contribution is 0.102. The van der Waals surface area contributed by atoms with E-state index in [0.717, 1.165) is 12.1 Å². The molecule has 0 unspecified atom stereocenters. The minimum Gasteiger partial charge on any atom is -0.341 e. The van der Waals surface area contributed by atoms with Crippen molar-refractivity contribution in [3.8, 4) is 0 Å². The van der Waals surface area contributed by atoms with Crippen LogP contribution in [0.3, 0.4) is 0 Å². The van der Waals surface area contributed by atoms with Crippen molar-refractivity contribution in [2.75, 3.05) is 23.3 Å². The number of hydrogen-bond donors (Lipinski definition) is 1. The third-order valence-electron chi connectivity index (χ3n) is 3.23. The maximum absolute atomic E-state index is 13.5. The first kappa shape index (κ1) is 16.7. The summed E-state index contributed by atoms with van der Waals surface area (Å²) in [5.74, 6) is -4.69. The highest BCUT2D eigenvalue weighted by atomic mass is 19.2. The van der Waals surface area contributed by atoms with Crippen LogP contribution < -0.4 is 10.2 Å². The van der Waals surface area contributed by atoms with Gasteiger partial charge in [-0.05, 0) is 26.0 Å². The summed E-state index contributed by atoms with van der Waals surface area (Å²) >= 11 is 0. The molecular formula is C15H15F3N4O. The van der Waals surface area contributed by atoms with Crippen molar-refractivity contribution in [3.05, 3.63) is 47.5 Å². The van der Waals surface area contributed by atoms with Gasteiger partial charge in [-0.15, -0.1) is 0 Å². The van der Waals surface area contributed by atoms with E-state index in [1.54, 1.807) is 0 Å². The van der Waals surface area contributed by atoms with Crippen molar-refractivity contribution < 1.29 is 18.0 Å². The van der Waals surface area contributed by atoms with Gasteiger partial charge in [-0.3, -0.25) is 4.79 Å². The second-order valence-corrected chi connectivity index (χ2v) is 4.62. The number of halogens is 3. The zero-order valence-electron chi connectivity index (χ0n) is 12.6. The second-order valence-electron chi connectivity index (χ2n) is 4.62. The van der Waals surface area contributed by atoms with Crippen LogP contribution in [0.4, 0.5) is 24.8 Å². The average Bonchev–Trinajstić information content (AvgIpc) is 2.57. The predicted octanol–water partition coefficient (Wildman–Crippen LogP) is 2.99. The molecule has 0 bridgehead atoms. The van der Waals surface area contributed by atoms with Crippen LogP contribution in [0.15, 0.2) is 24.5 Å². The van der Waals surface area contributed by atoms with Crippen molar-refractivity contribution in [1.82, 2.24) is 9.97 Å². The Morgan fingerprint density at radius 2 is 1.70 bits per heavy atom. The fourth-order valence-corrected chi connectivity index (χ4v) is 1.93. The summed E-state index contributed by atoms with van der Waals surface area (Å²) < 4.78 is 39.5. The summed E-state index contributed by atoms with van der Waals surface area (Å²) in [6.45, 7) is 5.31. The lowest BCUT2D eigenvalue weighted by Gasteiger charge is -2.18. The fraction of sp³-hybridized carbons (Fsp3) is 0.267. The number of aromatic nitrogens is 2. The Balaban J connectivity index is 2.17. The molecule has 0 fully saturated rings. The molecule has 2 aromatic rings. The summed E-state index contributed by atoms with van der Waals surface area (Å²) in [4.78, 5) is 22.0. The van der Waals surface area contributed by atoms with Crippen LogP contribution in [0.5, 0.6) is 0 Å². The standard InChI is InChI=1S/C15H15F3N4O/c1-3-22(4-2)15-19-7-9(8-20-15)14(23)21-11-6-5-10(16)12(17)13(11)18/h5-8H,3-4H2,1-2H3,(H,21,23). The number of nitrogens with one attached hydrogen (secondary N) is 1. The maximum Gasteiger partial charge on any atom is 0.258 e. The quantitative estimate of drug-likeness (QED) is 0.859. The van der Waals surface area contributed by atoms with Crippen LogP contribution in [-0.4, -0.2) is 29.0 Å². The molecule has 0 aliphatic heterocycles. The zero-order valence-corrected chi connectivity index (χ0v) is 12.6. The van der Waals surface area contributed by atoms with E-state index in [0.29, 0.717) is 19.0 Å². The van der Waals surface area contributed by atoms with E-state index in [4.69, 9.17) is 0 Å². The monoisotopic (exact) mass is 324 g/mol. The third kappa shape index (κ3) is 3.58. The summed E-state index contributed by atoms with van der Waals surface area (Å²) in [5, 5.41) is 2.16. The van der Waals surface area contributed by atoms with Crippen LogP contribution >= 0.6 is 0 Å². The number of anilines is 2. The van der Waals surface area contributed by atoms with Gasteiger partial charge in [0.2, 0.25) is 5.95 Å². The second kappa shape index (κ2) is 7.08. The highest BCUT2D eigenvalue weighted by molar-refractivity contribution is 6.03. The van der Waals surface area contributed by atoms with Crippen molar-refractivity contribution in [1.29, 1.82) is 0 Å². The van der Waals surface area contributed by atoms with Crippen LogP contribution in [0.25, 0.3) is 0 Å². The largest absolute Gasteiger partial charge is 0.341 e. The van der Waals surface area contributed by atoms with E-state index in [2.05, 4.69) is 15.3 Å². The normalized spacial score (nSPS) is 10.5. The summed E-state index contributed by atoms with van der Waals surface area (Å²) in [5.41, 5.74) is -0.383. The van der Waals surface area contributed by atoms with Gasteiger partial charge in [-0.1, -0.05) is 0 Å². The molecule has 1 amide bonds. The van der Waals surface area contributed by atoms with Crippen molar-refractivity contribution in [2.45, 2.75) is 13.8 Å². The minimum atomic E-state index is -1.64. The van der Waals surface area contributed by atoms with Gasteiger partial charge >= 0.3 is 0 Å². The molecule has 0 radical (unpaired) electrons. The van der Waals surface area contributed by atoms with Gasteiger partial charge in [0.05, 0.1) is 11.3 Å². The average molecular weight is 324 g/mol. The molecule has 0 atom stereocenters. The zero-order chi connectivity index (χ0) is 17.0. The molecular weight excluding hydrogens is 309 g/mol. The van der Waals surface area contributed by atoms with Crippen LogP contribution in [-0.2, 0) is 0 Å². The summed E-state index contributed by atoms with van der Waals surface area (Å²) in [6, 6.07) is 1.67. The van der Waals surface area contributed by atoms with Crippen LogP contribution in [0.1, 0.15) is 24.2 Å². The number of carbonyl (C=O) groups is 1. The molecule has 1 heterocycles. The predicted molar refractivity (Wildman–Crippen MR) is 79.9 cm³/mol. The van der Waals surface area contributed by atoms with Crippen LogP contribution in [0.2, 0.25) is 0 Å². The molecule has 0 aliphatic rings. The highest BCUT2D eigenvalue weighted by Crippen LogP contribution is 2.20. The van der Waals surface area contributed by atoms with E-state index in [-0.39, 0.29) is 5.56 Å². The molecule has 0 saturated carbocycles. The Morgan fingerprint density at radius 3 is 2.26 bits per heavy atom. The molecule has 2 rings (SSSR count). The van der Waals surface area contributed by atoms with Gasteiger partial charge in [-0.2, -0.15) is 0 Å². The number of rotatable bonds is 5. The van der Waals surface area contributed by atoms with Crippen molar-refractivity contribution >= 4 is 17.5 Å². The summed E-state index contributed by atoms with van der Waals surface area (Å²) in [7, 11) is 0. The minimum absolute atomic E-state index is 0.0741. The summed E-state index contributed by atoms with van der Waals surface area (Å²) in [6.07, 6.45) is 2.57. The molecule has 23 heavy (non-hydrogen) atoms. The fourth-order valence-electron chi connectivity index (χ4n) is 1.93. The molecule has 1 N–H and O–H groups in total. The van der Waals surface area contributed by atoms with Crippen LogP contribution in [0, 0.1) is 17.5 Å². The van der Waals surface area contributed by atoms with Gasteiger partial charge in [0.25, 0.3) is 5.91 Å². The van der Waals surface area contributed by atoms with E-state index in [9.17, 15) is 18.0 Å². The van der Waals surface area contributed by atoms with E-state index < -0.39 is 29.0 Å². The smallest absolute Gasteiger partial charge is 0.258 e. The van der Waals surface area contributed by atoms with Crippen molar-refractivity contribution in [3.63, 3.8) is 0 Å². The Labute approximate surface area is 131 Å². The number of carbonyl (C=O) groups excluding carboxylic acids is 1. The topological polar surface area (TPSA) is 58.1 Å². The van der Waals surface area contributed by atoms with Gasteiger partial charge in [0.1, 0.15) is 0 Å². The van der Waals surface area contributed by atoms with E-state index in [1.165, 1.54) is 12.4 Å². The molecule has 5 nitrogen and oxygen atoms in total.